The van der Waals surface area contributed by atoms with Crippen molar-refractivity contribution in [2.45, 2.75) is 37.8 Å². The Morgan fingerprint density at radius 3 is 3.00 bits per heavy atom. The quantitative estimate of drug-likeness (QED) is 0.669. The summed E-state index contributed by atoms with van der Waals surface area (Å²) in [6, 6.07) is -0.445. The van der Waals surface area contributed by atoms with E-state index in [0.717, 1.165) is 19.4 Å². The summed E-state index contributed by atoms with van der Waals surface area (Å²) < 4.78 is 10.4. The van der Waals surface area contributed by atoms with Gasteiger partial charge in [0.25, 0.3) is 0 Å². The predicted octanol–water partition coefficient (Wildman–Crippen LogP) is -0.0128. The third kappa shape index (κ3) is 2.68. The molecule has 2 rings (SSSR count). The lowest BCUT2D eigenvalue weighted by Crippen LogP contribution is -2.35. The standard InChI is InChI=1S/C10H15NO4/c12-9-4-3-8(11-9)10(13)15-6-7-2-1-5-14-7/h7-8H,1-6H2,(H,11,12)/t7?,8-/m0/s1. The summed E-state index contributed by atoms with van der Waals surface area (Å²) in [7, 11) is 0. The Labute approximate surface area is 88.1 Å². The van der Waals surface area contributed by atoms with Gasteiger partial charge in [0.2, 0.25) is 5.91 Å². The van der Waals surface area contributed by atoms with Crippen LogP contribution in [0.2, 0.25) is 0 Å². The van der Waals surface area contributed by atoms with E-state index in [0.29, 0.717) is 19.4 Å². The summed E-state index contributed by atoms with van der Waals surface area (Å²) in [4.78, 5) is 22.3. The van der Waals surface area contributed by atoms with Crippen molar-refractivity contribution in [1.29, 1.82) is 0 Å². The van der Waals surface area contributed by atoms with Crippen LogP contribution in [0.25, 0.3) is 0 Å². The average molecular weight is 213 g/mol. The summed E-state index contributed by atoms with van der Waals surface area (Å²) >= 11 is 0. The average Bonchev–Trinajstić information content (AvgIpc) is 2.84. The number of nitrogens with one attached hydrogen (secondary N) is 1. The highest BCUT2D eigenvalue weighted by molar-refractivity contribution is 5.88. The van der Waals surface area contributed by atoms with Gasteiger partial charge in [0.1, 0.15) is 12.6 Å². The van der Waals surface area contributed by atoms with E-state index in [1.807, 2.05) is 0 Å². The second kappa shape index (κ2) is 4.61. The zero-order valence-electron chi connectivity index (χ0n) is 8.53. The van der Waals surface area contributed by atoms with Crippen molar-refractivity contribution in [1.82, 2.24) is 5.32 Å². The minimum atomic E-state index is -0.445. The lowest BCUT2D eigenvalue weighted by Gasteiger charge is -2.13. The number of rotatable bonds is 3. The summed E-state index contributed by atoms with van der Waals surface area (Å²) in [5.41, 5.74) is 0. The molecular weight excluding hydrogens is 198 g/mol. The van der Waals surface area contributed by atoms with Crippen molar-refractivity contribution in [2.24, 2.45) is 0 Å². The molecule has 0 bridgehead atoms. The number of esters is 1. The molecule has 2 saturated heterocycles. The Morgan fingerprint density at radius 1 is 1.53 bits per heavy atom. The highest BCUT2D eigenvalue weighted by atomic mass is 16.6. The Kier molecular flexibility index (Phi) is 3.20. The molecule has 84 valence electrons. The molecule has 2 heterocycles. The minimum Gasteiger partial charge on any atom is -0.461 e. The number of carbonyl (C=O) groups is 2. The van der Waals surface area contributed by atoms with Gasteiger partial charge in [0.05, 0.1) is 6.10 Å². The fourth-order valence-corrected chi connectivity index (χ4v) is 1.84. The van der Waals surface area contributed by atoms with E-state index in [1.165, 1.54) is 0 Å². The molecule has 2 aliphatic heterocycles. The van der Waals surface area contributed by atoms with Crippen LogP contribution in [0.1, 0.15) is 25.7 Å². The molecule has 0 aliphatic carbocycles. The van der Waals surface area contributed by atoms with Crippen LogP contribution in [0.3, 0.4) is 0 Å². The van der Waals surface area contributed by atoms with E-state index in [4.69, 9.17) is 9.47 Å². The van der Waals surface area contributed by atoms with Gasteiger partial charge < -0.3 is 14.8 Å². The van der Waals surface area contributed by atoms with Gasteiger partial charge in [0, 0.05) is 13.0 Å². The summed E-state index contributed by atoms with van der Waals surface area (Å²) in [5.74, 6) is -0.412. The Balaban J connectivity index is 1.70. The van der Waals surface area contributed by atoms with Crippen molar-refractivity contribution in [3.63, 3.8) is 0 Å². The third-order valence-corrected chi connectivity index (χ3v) is 2.72. The molecule has 1 unspecified atom stereocenters. The molecular formula is C10H15NO4. The maximum atomic E-state index is 11.5. The second-order valence-corrected chi connectivity index (χ2v) is 3.92. The van der Waals surface area contributed by atoms with Crippen molar-refractivity contribution in [2.75, 3.05) is 13.2 Å². The fraction of sp³-hybridized carbons (Fsp3) is 0.800. The molecule has 0 spiro atoms. The van der Waals surface area contributed by atoms with Crippen LogP contribution < -0.4 is 5.32 Å². The predicted molar refractivity (Wildman–Crippen MR) is 51.1 cm³/mol. The Morgan fingerprint density at radius 2 is 2.40 bits per heavy atom. The molecule has 5 heteroatoms. The Bertz CT molecular complexity index is 260. The molecule has 0 aromatic rings. The SMILES string of the molecule is O=C1CC[C@@H](C(=O)OCC2CCCO2)N1. The Hall–Kier alpha value is -1.10. The maximum Gasteiger partial charge on any atom is 0.328 e. The lowest BCUT2D eigenvalue weighted by atomic mass is 10.2. The van der Waals surface area contributed by atoms with Gasteiger partial charge in [-0.05, 0) is 19.3 Å². The highest BCUT2D eigenvalue weighted by Crippen LogP contribution is 2.13. The first-order valence-corrected chi connectivity index (χ1v) is 5.33. The van der Waals surface area contributed by atoms with Crippen LogP contribution in [0.4, 0.5) is 0 Å². The van der Waals surface area contributed by atoms with Crippen LogP contribution in [-0.4, -0.2) is 37.2 Å². The number of hydrogen-bond acceptors (Lipinski definition) is 4. The largest absolute Gasteiger partial charge is 0.461 e. The van der Waals surface area contributed by atoms with Gasteiger partial charge in [-0.15, -0.1) is 0 Å². The molecule has 2 atom stereocenters. The van der Waals surface area contributed by atoms with Crippen LogP contribution in [0.15, 0.2) is 0 Å². The first-order chi connectivity index (χ1) is 7.25. The van der Waals surface area contributed by atoms with Crippen molar-refractivity contribution in [3.05, 3.63) is 0 Å². The molecule has 2 fully saturated rings. The topological polar surface area (TPSA) is 64.6 Å². The smallest absolute Gasteiger partial charge is 0.328 e. The van der Waals surface area contributed by atoms with Gasteiger partial charge in [-0.25, -0.2) is 4.79 Å². The van der Waals surface area contributed by atoms with Gasteiger partial charge >= 0.3 is 5.97 Å². The molecule has 0 saturated carbocycles. The zero-order chi connectivity index (χ0) is 10.7. The first-order valence-electron chi connectivity index (χ1n) is 5.33. The molecule has 0 aromatic heterocycles. The lowest BCUT2D eigenvalue weighted by molar-refractivity contribution is -0.149. The van der Waals surface area contributed by atoms with E-state index in [2.05, 4.69) is 5.32 Å². The van der Waals surface area contributed by atoms with Crippen LogP contribution >= 0.6 is 0 Å². The molecule has 5 nitrogen and oxygen atoms in total. The summed E-state index contributed by atoms with van der Waals surface area (Å²) in [6.45, 7) is 1.06. The maximum absolute atomic E-state index is 11.5. The monoisotopic (exact) mass is 213 g/mol. The van der Waals surface area contributed by atoms with Crippen LogP contribution in [-0.2, 0) is 19.1 Å². The number of amides is 1. The van der Waals surface area contributed by atoms with E-state index in [9.17, 15) is 9.59 Å². The molecule has 2 aliphatic rings. The summed E-state index contributed by atoms with van der Waals surface area (Å²) in [5, 5.41) is 2.57. The fourth-order valence-electron chi connectivity index (χ4n) is 1.84. The third-order valence-electron chi connectivity index (χ3n) is 2.72. The van der Waals surface area contributed by atoms with Gasteiger partial charge in [-0.3, -0.25) is 4.79 Å². The van der Waals surface area contributed by atoms with Crippen LogP contribution in [0.5, 0.6) is 0 Å². The van der Waals surface area contributed by atoms with Gasteiger partial charge in [-0.2, -0.15) is 0 Å². The van der Waals surface area contributed by atoms with Crippen molar-refractivity contribution >= 4 is 11.9 Å². The number of carbonyl (C=O) groups excluding carboxylic acids is 2. The summed E-state index contributed by atoms with van der Waals surface area (Å²) in [6.07, 6.45) is 2.99. The second-order valence-electron chi connectivity index (χ2n) is 3.92. The highest BCUT2D eigenvalue weighted by Gasteiger charge is 2.29. The zero-order valence-corrected chi connectivity index (χ0v) is 8.53. The first kappa shape index (κ1) is 10.4. The van der Waals surface area contributed by atoms with Crippen LogP contribution in [0, 0.1) is 0 Å². The minimum absolute atomic E-state index is 0.0473. The van der Waals surface area contributed by atoms with E-state index < -0.39 is 6.04 Å². The molecule has 1 amide bonds. The molecule has 1 N–H and O–H groups in total. The van der Waals surface area contributed by atoms with E-state index >= 15 is 0 Å². The van der Waals surface area contributed by atoms with E-state index in [1.54, 1.807) is 0 Å². The van der Waals surface area contributed by atoms with Crippen molar-refractivity contribution < 1.29 is 19.1 Å². The molecule has 0 radical (unpaired) electrons. The molecule has 0 aromatic carbocycles. The molecule has 15 heavy (non-hydrogen) atoms. The normalized spacial score (nSPS) is 30.3. The number of ether oxygens (including phenoxy) is 2. The van der Waals surface area contributed by atoms with Crippen molar-refractivity contribution in [3.8, 4) is 0 Å². The van der Waals surface area contributed by atoms with Gasteiger partial charge in [-0.1, -0.05) is 0 Å². The van der Waals surface area contributed by atoms with Gasteiger partial charge in [0.15, 0.2) is 0 Å². The van der Waals surface area contributed by atoms with E-state index in [-0.39, 0.29) is 18.0 Å². The number of hydrogen-bond donors (Lipinski definition) is 1.